The summed E-state index contributed by atoms with van der Waals surface area (Å²) in [5.41, 5.74) is 9.41. The predicted molar refractivity (Wildman–Crippen MR) is 129 cm³/mol. The van der Waals surface area contributed by atoms with Crippen LogP contribution in [0.3, 0.4) is 0 Å². The third-order valence-electron chi connectivity index (χ3n) is 5.32. The van der Waals surface area contributed by atoms with Gasteiger partial charge in [0.1, 0.15) is 5.82 Å². The van der Waals surface area contributed by atoms with Crippen molar-refractivity contribution in [2.75, 3.05) is 11.5 Å². The van der Waals surface area contributed by atoms with Crippen molar-refractivity contribution in [1.82, 2.24) is 15.4 Å². The molecule has 2 amide bonds. The Labute approximate surface area is 195 Å². The molecular formula is C24H24FN3O2S2. The highest BCUT2D eigenvalue weighted by atomic mass is 32.2. The number of amides is 2. The average Bonchev–Trinajstić information content (AvgIpc) is 3.12. The average molecular weight is 470 g/mol. The van der Waals surface area contributed by atoms with Crippen molar-refractivity contribution in [2.45, 2.75) is 24.9 Å². The first-order valence-electron chi connectivity index (χ1n) is 10.3. The summed E-state index contributed by atoms with van der Waals surface area (Å²) >= 11 is 3.86. The topological polar surface area (TPSA) is 63.1 Å². The fourth-order valence-electron chi connectivity index (χ4n) is 3.71. The van der Waals surface area contributed by atoms with Crippen molar-refractivity contribution in [3.8, 4) is 5.69 Å². The van der Waals surface area contributed by atoms with Gasteiger partial charge in [-0.3, -0.25) is 20.4 Å². The number of hydrogen-bond donors (Lipinski definition) is 2. The van der Waals surface area contributed by atoms with Gasteiger partial charge < -0.3 is 4.57 Å². The first kappa shape index (κ1) is 22.5. The second-order valence-corrected chi connectivity index (χ2v) is 10.3. The summed E-state index contributed by atoms with van der Waals surface area (Å²) in [4.78, 5) is 25.2. The molecule has 5 nitrogen and oxygen atoms in total. The van der Waals surface area contributed by atoms with Gasteiger partial charge in [0.25, 0.3) is 11.8 Å². The summed E-state index contributed by atoms with van der Waals surface area (Å²) in [5, 5.41) is 0. The molecule has 0 aliphatic carbocycles. The molecule has 2 N–H and O–H groups in total. The molecule has 0 atom stereocenters. The lowest BCUT2D eigenvalue weighted by Crippen LogP contribution is -2.41. The maximum Gasteiger partial charge on any atom is 0.271 e. The van der Waals surface area contributed by atoms with Crippen LogP contribution in [0.15, 0.2) is 54.6 Å². The van der Waals surface area contributed by atoms with E-state index in [2.05, 4.69) is 10.9 Å². The van der Waals surface area contributed by atoms with Crippen LogP contribution in [-0.4, -0.2) is 27.9 Å². The van der Waals surface area contributed by atoms with Crippen LogP contribution in [0.2, 0.25) is 0 Å². The number of carbonyl (C=O) groups excluding carboxylic acids is 2. The Kier molecular flexibility index (Phi) is 6.91. The third kappa shape index (κ3) is 4.86. The van der Waals surface area contributed by atoms with Gasteiger partial charge in [0.15, 0.2) is 0 Å². The minimum Gasteiger partial charge on any atom is -0.318 e. The minimum atomic E-state index is -0.411. The second-order valence-electron chi connectivity index (χ2n) is 7.55. The monoisotopic (exact) mass is 469 g/mol. The van der Waals surface area contributed by atoms with Crippen molar-refractivity contribution < 1.29 is 14.0 Å². The van der Waals surface area contributed by atoms with E-state index in [4.69, 9.17) is 0 Å². The van der Waals surface area contributed by atoms with E-state index >= 15 is 0 Å². The van der Waals surface area contributed by atoms with Gasteiger partial charge >= 0.3 is 0 Å². The van der Waals surface area contributed by atoms with Gasteiger partial charge in [-0.15, -0.1) is 23.5 Å². The Morgan fingerprint density at radius 2 is 1.56 bits per heavy atom. The number of aromatic nitrogens is 1. The summed E-state index contributed by atoms with van der Waals surface area (Å²) in [6.45, 7) is 3.68. The van der Waals surface area contributed by atoms with Crippen LogP contribution in [0, 0.1) is 19.7 Å². The first-order valence-corrected chi connectivity index (χ1v) is 12.4. The summed E-state index contributed by atoms with van der Waals surface area (Å²) < 4.78 is 15.5. The molecule has 0 radical (unpaired) electrons. The van der Waals surface area contributed by atoms with Gasteiger partial charge in [0.2, 0.25) is 0 Å². The molecule has 1 aliphatic rings. The number of aryl methyl sites for hydroxylation is 1. The van der Waals surface area contributed by atoms with E-state index in [0.717, 1.165) is 22.9 Å². The Morgan fingerprint density at radius 1 is 0.938 bits per heavy atom. The van der Waals surface area contributed by atoms with Crippen molar-refractivity contribution >= 4 is 35.3 Å². The zero-order chi connectivity index (χ0) is 22.7. The van der Waals surface area contributed by atoms with Crippen LogP contribution in [0.25, 0.3) is 5.69 Å². The summed E-state index contributed by atoms with van der Waals surface area (Å²) in [7, 11) is 0. The molecule has 0 spiro atoms. The van der Waals surface area contributed by atoms with Crippen LogP contribution >= 0.6 is 23.5 Å². The molecule has 32 heavy (non-hydrogen) atoms. The molecular weight excluding hydrogens is 445 g/mol. The quantitative estimate of drug-likeness (QED) is 0.517. The molecule has 0 unspecified atom stereocenters. The number of hydrogen-bond acceptors (Lipinski definition) is 4. The Bertz CT molecular complexity index is 1120. The molecule has 166 valence electrons. The zero-order valence-electron chi connectivity index (χ0n) is 17.9. The van der Waals surface area contributed by atoms with Crippen molar-refractivity contribution in [3.63, 3.8) is 0 Å². The zero-order valence-corrected chi connectivity index (χ0v) is 19.5. The maximum absolute atomic E-state index is 13.3. The van der Waals surface area contributed by atoms with E-state index in [1.807, 2.05) is 54.1 Å². The molecule has 0 saturated carbocycles. The maximum atomic E-state index is 13.3. The molecule has 1 aromatic heterocycles. The normalized spacial score (nSPS) is 14.2. The fraction of sp³-hybridized carbons (Fsp3) is 0.250. The van der Waals surface area contributed by atoms with E-state index in [-0.39, 0.29) is 11.7 Å². The summed E-state index contributed by atoms with van der Waals surface area (Å²) in [6, 6.07) is 15.3. The van der Waals surface area contributed by atoms with Crippen LogP contribution in [0.1, 0.15) is 48.7 Å². The number of benzene rings is 2. The molecule has 4 rings (SSSR count). The lowest BCUT2D eigenvalue weighted by Gasteiger charge is -2.21. The second kappa shape index (κ2) is 9.83. The molecule has 0 bridgehead atoms. The SMILES string of the molecule is Cc1cc(C(=O)NNC(=O)c2ccc(C3SCCCS3)cc2)c(C)n1-c1ccc(F)cc1. The minimum absolute atomic E-state index is 0.318. The van der Waals surface area contributed by atoms with E-state index in [9.17, 15) is 14.0 Å². The number of nitrogens with one attached hydrogen (secondary N) is 2. The highest BCUT2D eigenvalue weighted by molar-refractivity contribution is 8.16. The lowest BCUT2D eigenvalue weighted by molar-refractivity contribution is 0.0846. The molecule has 2 heterocycles. The van der Waals surface area contributed by atoms with E-state index < -0.39 is 5.91 Å². The number of thioether (sulfide) groups is 2. The summed E-state index contributed by atoms with van der Waals surface area (Å²) in [5.74, 6) is 1.22. The van der Waals surface area contributed by atoms with Gasteiger partial charge in [0, 0.05) is 22.6 Å². The van der Waals surface area contributed by atoms with E-state index in [0.29, 0.717) is 21.4 Å². The lowest BCUT2D eigenvalue weighted by atomic mass is 10.1. The smallest absolute Gasteiger partial charge is 0.271 e. The highest BCUT2D eigenvalue weighted by Crippen LogP contribution is 2.43. The van der Waals surface area contributed by atoms with Gasteiger partial charge in [-0.25, -0.2) is 4.39 Å². The largest absolute Gasteiger partial charge is 0.318 e. The summed E-state index contributed by atoms with van der Waals surface area (Å²) in [6.07, 6.45) is 1.23. The third-order valence-corrected chi connectivity index (χ3v) is 8.34. The van der Waals surface area contributed by atoms with Crippen molar-refractivity contribution in [1.29, 1.82) is 0 Å². The molecule has 1 fully saturated rings. The molecule has 2 aromatic carbocycles. The fourth-order valence-corrected chi connectivity index (χ4v) is 6.60. The van der Waals surface area contributed by atoms with Crippen molar-refractivity contribution in [2.24, 2.45) is 0 Å². The Hall–Kier alpha value is -2.71. The van der Waals surface area contributed by atoms with Gasteiger partial charge in [-0.1, -0.05) is 12.1 Å². The highest BCUT2D eigenvalue weighted by Gasteiger charge is 2.19. The Balaban J connectivity index is 1.41. The van der Waals surface area contributed by atoms with Crippen molar-refractivity contribution in [3.05, 3.63) is 88.5 Å². The number of hydrazine groups is 1. The first-order chi connectivity index (χ1) is 15.4. The van der Waals surface area contributed by atoms with Gasteiger partial charge in [0.05, 0.1) is 10.1 Å². The van der Waals surface area contributed by atoms with Gasteiger partial charge in [-0.2, -0.15) is 0 Å². The van der Waals surface area contributed by atoms with Gasteiger partial charge in [-0.05, 0) is 79.8 Å². The standard InChI is InChI=1S/C24H24FN3O2S2/c1-15-14-21(16(2)28(15)20-10-8-19(25)9-11-20)23(30)27-26-22(29)17-4-6-18(7-5-17)24-31-12-3-13-32-24/h4-11,14,24H,3,12-13H2,1-2H3,(H,26,29)(H,27,30). The predicted octanol–water partition coefficient (Wildman–Crippen LogP) is 5.18. The van der Waals surface area contributed by atoms with E-state index in [1.165, 1.54) is 24.1 Å². The number of rotatable bonds is 4. The number of nitrogens with zero attached hydrogens (tertiary/aromatic N) is 1. The van der Waals surface area contributed by atoms with Crippen LogP contribution in [-0.2, 0) is 0 Å². The number of halogens is 1. The van der Waals surface area contributed by atoms with Crippen LogP contribution < -0.4 is 10.9 Å². The van der Waals surface area contributed by atoms with Crippen LogP contribution in [0.5, 0.6) is 0 Å². The molecule has 3 aromatic rings. The molecule has 1 saturated heterocycles. The molecule has 8 heteroatoms. The Morgan fingerprint density at radius 3 is 2.22 bits per heavy atom. The number of carbonyl (C=O) groups is 2. The molecule has 1 aliphatic heterocycles. The van der Waals surface area contributed by atoms with Crippen LogP contribution in [0.4, 0.5) is 4.39 Å². The van der Waals surface area contributed by atoms with E-state index in [1.54, 1.807) is 30.3 Å².